The Kier molecular flexibility index (Phi) is 5.75. The van der Waals surface area contributed by atoms with Crippen LogP contribution >= 0.6 is 23.2 Å². The van der Waals surface area contributed by atoms with Crippen molar-refractivity contribution in [3.63, 3.8) is 0 Å². The molecule has 0 fully saturated rings. The molecule has 0 saturated heterocycles. The van der Waals surface area contributed by atoms with Crippen molar-refractivity contribution < 1.29 is 9.72 Å². The summed E-state index contributed by atoms with van der Waals surface area (Å²) in [5.74, 6) is -0.544. The molecule has 0 aliphatic carbocycles. The highest BCUT2D eigenvalue weighted by Gasteiger charge is 2.18. The van der Waals surface area contributed by atoms with Crippen molar-refractivity contribution in [3.05, 3.63) is 50.0 Å². The maximum Gasteiger partial charge on any atom is 0.271 e. The van der Waals surface area contributed by atoms with E-state index in [1.165, 1.54) is 0 Å². The zero-order valence-corrected chi connectivity index (χ0v) is 11.2. The first-order chi connectivity index (χ1) is 8.97. The maximum absolute atomic E-state index is 11.8. The number of amides is 1. The molecule has 0 saturated carbocycles. The summed E-state index contributed by atoms with van der Waals surface area (Å²) in [5, 5.41) is 13.1. The second-order valence-corrected chi connectivity index (χ2v) is 4.25. The van der Waals surface area contributed by atoms with Gasteiger partial charge in [-0.25, -0.2) is 0 Å². The number of halogens is 2. The SMILES string of the molecule is NC/C=C/CNC(=O)c1cc([N+](=O)[O-])cc(Cl)c1Cl. The first-order valence-corrected chi connectivity index (χ1v) is 5.99. The molecule has 0 bridgehead atoms. The number of nitro groups is 1. The van der Waals surface area contributed by atoms with E-state index in [4.69, 9.17) is 28.9 Å². The van der Waals surface area contributed by atoms with Crippen LogP contribution in [-0.2, 0) is 0 Å². The largest absolute Gasteiger partial charge is 0.349 e. The van der Waals surface area contributed by atoms with Crippen molar-refractivity contribution in [3.8, 4) is 0 Å². The van der Waals surface area contributed by atoms with E-state index in [1.807, 2.05) is 0 Å². The van der Waals surface area contributed by atoms with Gasteiger partial charge in [-0.1, -0.05) is 35.4 Å². The Balaban J connectivity index is 2.95. The highest BCUT2D eigenvalue weighted by molar-refractivity contribution is 6.44. The third kappa shape index (κ3) is 4.20. The summed E-state index contributed by atoms with van der Waals surface area (Å²) in [6, 6.07) is 2.17. The van der Waals surface area contributed by atoms with Crippen LogP contribution in [0.4, 0.5) is 5.69 Å². The molecule has 0 aromatic heterocycles. The van der Waals surface area contributed by atoms with Crippen molar-refractivity contribution in [1.82, 2.24) is 5.32 Å². The number of hydrogen-bond donors (Lipinski definition) is 2. The molecule has 1 amide bonds. The lowest BCUT2D eigenvalue weighted by Gasteiger charge is -2.06. The van der Waals surface area contributed by atoms with Gasteiger partial charge in [0.1, 0.15) is 0 Å². The minimum atomic E-state index is -0.646. The van der Waals surface area contributed by atoms with E-state index in [0.29, 0.717) is 6.54 Å². The molecular weight excluding hydrogens is 293 g/mol. The van der Waals surface area contributed by atoms with Crippen LogP contribution in [0.25, 0.3) is 0 Å². The van der Waals surface area contributed by atoms with Crippen LogP contribution in [-0.4, -0.2) is 23.9 Å². The first kappa shape index (κ1) is 15.4. The average molecular weight is 304 g/mol. The van der Waals surface area contributed by atoms with E-state index in [1.54, 1.807) is 12.2 Å². The van der Waals surface area contributed by atoms with Crippen molar-refractivity contribution in [2.24, 2.45) is 5.73 Å². The molecule has 0 atom stereocenters. The maximum atomic E-state index is 11.8. The van der Waals surface area contributed by atoms with Gasteiger partial charge in [0.15, 0.2) is 0 Å². The normalized spacial score (nSPS) is 10.7. The summed E-state index contributed by atoms with van der Waals surface area (Å²) in [7, 11) is 0. The molecule has 8 heteroatoms. The summed E-state index contributed by atoms with van der Waals surface area (Å²) >= 11 is 11.6. The molecular formula is C11H11Cl2N3O3. The Bertz CT molecular complexity index is 532. The standard InChI is InChI=1S/C11H11Cl2N3O3/c12-9-6-7(16(18)19)5-8(10(9)13)11(17)15-4-2-1-3-14/h1-2,5-6H,3-4,14H2,(H,15,17)/b2-1+. The molecule has 0 spiro atoms. The summed E-state index contributed by atoms with van der Waals surface area (Å²) in [6.07, 6.45) is 3.33. The predicted molar refractivity (Wildman–Crippen MR) is 73.6 cm³/mol. The number of nitrogens with one attached hydrogen (secondary N) is 1. The van der Waals surface area contributed by atoms with Crippen LogP contribution in [0.1, 0.15) is 10.4 Å². The van der Waals surface area contributed by atoms with Gasteiger partial charge in [0.25, 0.3) is 11.6 Å². The van der Waals surface area contributed by atoms with Crippen molar-refractivity contribution >= 4 is 34.8 Å². The van der Waals surface area contributed by atoms with Gasteiger partial charge in [0.05, 0.1) is 20.5 Å². The molecule has 3 N–H and O–H groups in total. The molecule has 1 rings (SSSR count). The number of nitro benzene ring substituents is 1. The molecule has 0 aliphatic rings. The van der Waals surface area contributed by atoms with Crippen LogP contribution < -0.4 is 11.1 Å². The van der Waals surface area contributed by atoms with Crippen LogP contribution in [0.2, 0.25) is 10.0 Å². The number of hydrogen-bond acceptors (Lipinski definition) is 4. The van der Waals surface area contributed by atoms with Gasteiger partial charge in [-0.15, -0.1) is 0 Å². The molecule has 1 aromatic rings. The van der Waals surface area contributed by atoms with Gasteiger partial charge in [-0.3, -0.25) is 14.9 Å². The summed E-state index contributed by atoms with van der Waals surface area (Å²) < 4.78 is 0. The zero-order valence-electron chi connectivity index (χ0n) is 9.73. The quantitative estimate of drug-likeness (QED) is 0.494. The number of rotatable bonds is 5. The number of nitrogens with two attached hydrogens (primary N) is 1. The van der Waals surface area contributed by atoms with E-state index < -0.39 is 10.8 Å². The Labute approximate surface area is 119 Å². The monoisotopic (exact) mass is 303 g/mol. The van der Waals surface area contributed by atoms with Crippen LogP contribution in [0.15, 0.2) is 24.3 Å². The van der Waals surface area contributed by atoms with Gasteiger partial charge in [0.2, 0.25) is 0 Å². The highest BCUT2D eigenvalue weighted by atomic mass is 35.5. The lowest BCUT2D eigenvalue weighted by atomic mass is 10.2. The average Bonchev–Trinajstić information content (AvgIpc) is 2.37. The van der Waals surface area contributed by atoms with E-state index in [2.05, 4.69) is 5.32 Å². The number of carbonyl (C=O) groups is 1. The second-order valence-electron chi connectivity index (χ2n) is 3.46. The molecule has 102 valence electrons. The van der Waals surface area contributed by atoms with E-state index >= 15 is 0 Å². The third-order valence-electron chi connectivity index (χ3n) is 2.15. The summed E-state index contributed by atoms with van der Waals surface area (Å²) in [4.78, 5) is 21.9. The van der Waals surface area contributed by atoms with Gasteiger partial charge in [-0.2, -0.15) is 0 Å². The lowest BCUT2D eigenvalue weighted by molar-refractivity contribution is -0.384. The smallest absolute Gasteiger partial charge is 0.271 e. The van der Waals surface area contributed by atoms with Gasteiger partial charge in [0, 0.05) is 25.2 Å². The summed E-state index contributed by atoms with van der Waals surface area (Å²) in [5.41, 5.74) is 4.91. The number of non-ortho nitro benzene ring substituents is 1. The predicted octanol–water partition coefficient (Wildman–Crippen LogP) is 2.15. The van der Waals surface area contributed by atoms with Gasteiger partial charge < -0.3 is 11.1 Å². The van der Waals surface area contributed by atoms with Crippen molar-refractivity contribution in [2.75, 3.05) is 13.1 Å². The van der Waals surface area contributed by atoms with E-state index in [-0.39, 0.29) is 27.8 Å². The molecule has 6 nitrogen and oxygen atoms in total. The fourth-order valence-electron chi connectivity index (χ4n) is 1.27. The minimum Gasteiger partial charge on any atom is -0.349 e. The minimum absolute atomic E-state index is 0.0208. The van der Waals surface area contributed by atoms with Crippen molar-refractivity contribution in [2.45, 2.75) is 0 Å². The second kappa shape index (κ2) is 7.08. The number of nitrogens with zero attached hydrogens (tertiary/aromatic N) is 1. The Morgan fingerprint density at radius 2 is 2.11 bits per heavy atom. The topological polar surface area (TPSA) is 98.3 Å². The Morgan fingerprint density at radius 3 is 2.68 bits per heavy atom. The highest BCUT2D eigenvalue weighted by Crippen LogP contribution is 2.30. The third-order valence-corrected chi connectivity index (χ3v) is 2.95. The Hall–Kier alpha value is -1.63. The summed E-state index contributed by atoms with van der Waals surface area (Å²) in [6.45, 7) is 0.603. The fourth-order valence-corrected chi connectivity index (χ4v) is 1.68. The zero-order chi connectivity index (χ0) is 14.4. The molecule has 0 radical (unpaired) electrons. The molecule has 0 unspecified atom stereocenters. The van der Waals surface area contributed by atoms with Crippen LogP contribution in [0.3, 0.4) is 0 Å². The number of carbonyl (C=O) groups excluding carboxylic acids is 1. The van der Waals surface area contributed by atoms with E-state index in [0.717, 1.165) is 12.1 Å². The molecule has 0 aliphatic heterocycles. The van der Waals surface area contributed by atoms with Crippen LogP contribution in [0.5, 0.6) is 0 Å². The van der Waals surface area contributed by atoms with Crippen molar-refractivity contribution in [1.29, 1.82) is 0 Å². The lowest BCUT2D eigenvalue weighted by Crippen LogP contribution is -2.24. The Morgan fingerprint density at radius 1 is 1.42 bits per heavy atom. The van der Waals surface area contributed by atoms with E-state index in [9.17, 15) is 14.9 Å². The molecule has 0 heterocycles. The molecule has 19 heavy (non-hydrogen) atoms. The first-order valence-electron chi connectivity index (χ1n) is 5.24. The fraction of sp³-hybridized carbons (Fsp3) is 0.182. The van der Waals surface area contributed by atoms with Gasteiger partial charge in [-0.05, 0) is 0 Å². The molecule has 1 aromatic carbocycles. The van der Waals surface area contributed by atoms with Crippen LogP contribution in [0, 0.1) is 10.1 Å². The van der Waals surface area contributed by atoms with Gasteiger partial charge >= 0.3 is 0 Å². The number of benzene rings is 1.